The van der Waals surface area contributed by atoms with Crippen molar-refractivity contribution in [3.8, 4) is 11.8 Å². The van der Waals surface area contributed by atoms with E-state index in [1.165, 1.54) is 19.2 Å². The van der Waals surface area contributed by atoms with Crippen molar-refractivity contribution in [3.63, 3.8) is 0 Å². The van der Waals surface area contributed by atoms with Crippen LogP contribution in [0.25, 0.3) is 0 Å². The van der Waals surface area contributed by atoms with Gasteiger partial charge in [0.2, 0.25) is 5.71 Å². The van der Waals surface area contributed by atoms with Crippen molar-refractivity contribution >= 4 is 17.2 Å². The van der Waals surface area contributed by atoms with E-state index in [-0.39, 0.29) is 11.4 Å². The van der Waals surface area contributed by atoms with Gasteiger partial charge in [-0.1, -0.05) is 0 Å². The van der Waals surface area contributed by atoms with Gasteiger partial charge in [0.25, 0.3) is 0 Å². The first-order chi connectivity index (χ1) is 8.08. The molecule has 0 radical (unpaired) electrons. The summed E-state index contributed by atoms with van der Waals surface area (Å²) in [4.78, 5) is 0. The van der Waals surface area contributed by atoms with Crippen LogP contribution in [0.3, 0.4) is 0 Å². The standard InChI is InChI=1S/C10H10FN5O/c1-17-9-3-2-6(11)4-7(9)15-16-8(5-12)10(13)14/h2-4,15H,1H3,(H3,13,14)/b16-8+. The number of nitrogens with two attached hydrogens (primary N) is 1. The fourth-order valence-corrected chi connectivity index (χ4v) is 1.03. The Hall–Kier alpha value is -2.62. The average Bonchev–Trinajstić information content (AvgIpc) is 2.29. The lowest BCUT2D eigenvalue weighted by Crippen LogP contribution is -2.21. The number of nitriles is 1. The van der Waals surface area contributed by atoms with E-state index < -0.39 is 11.7 Å². The van der Waals surface area contributed by atoms with Gasteiger partial charge in [0.15, 0.2) is 5.84 Å². The highest BCUT2D eigenvalue weighted by Gasteiger charge is 2.05. The fraction of sp³-hybridized carbons (Fsp3) is 0.100. The number of benzene rings is 1. The van der Waals surface area contributed by atoms with Crippen molar-refractivity contribution < 1.29 is 9.13 Å². The normalized spacial score (nSPS) is 10.5. The number of hydrazone groups is 1. The molecule has 0 aliphatic heterocycles. The van der Waals surface area contributed by atoms with Crippen molar-refractivity contribution in [2.45, 2.75) is 0 Å². The summed E-state index contributed by atoms with van der Waals surface area (Å²) in [5.41, 5.74) is 7.46. The summed E-state index contributed by atoms with van der Waals surface area (Å²) in [7, 11) is 1.41. The molecule has 0 fully saturated rings. The van der Waals surface area contributed by atoms with Crippen LogP contribution < -0.4 is 15.9 Å². The number of rotatable bonds is 4. The van der Waals surface area contributed by atoms with Gasteiger partial charge in [-0.25, -0.2) is 4.39 Å². The smallest absolute Gasteiger partial charge is 0.201 e. The molecule has 17 heavy (non-hydrogen) atoms. The highest BCUT2D eigenvalue weighted by molar-refractivity contribution is 6.45. The Morgan fingerprint density at radius 2 is 2.35 bits per heavy atom. The summed E-state index contributed by atoms with van der Waals surface area (Å²) in [6, 6.07) is 5.41. The molecular formula is C10H10FN5O. The second-order valence-electron chi connectivity index (χ2n) is 2.94. The third-order valence-electron chi connectivity index (χ3n) is 1.81. The van der Waals surface area contributed by atoms with Crippen LogP contribution in [0.1, 0.15) is 0 Å². The summed E-state index contributed by atoms with van der Waals surface area (Å²) in [5, 5.41) is 19.2. The Kier molecular flexibility index (Phi) is 4.00. The zero-order valence-corrected chi connectivity index (χ0v) is 8.99. The molecule has 0 spiro atoms. The highest BCUT2D eigenvalue weighted by atomic mass is 19.1. The average molecular weight is 235 g/mol. The Balaban J connectivity index is 2.99. The number of methoxy groups -OCH3 is 1. The number of hydrogen-bond donors (Lipinski definition) is 3. The third-order valence-corrected chi connectivity index (χ3v) is 1.81. The van der Waals surface area contributed by atoms with Crippen LogP contribution in [-0.2, 0) is 0 Å². The zero-order chi connectivity index (χ0) is 12.8. The molecular weight excluding hydrogens is 225 g/mol. The molecule has 0 unspecified atom stereocenters. The van der Waals surface area contributed by atoms with Crippen LogP contribution in [0.15, 0.2) is 23.3 Å². The fourth-order valence-electron chi connectivity index (χ4n) is 1.03. The van der Waals surface area contributed by atoms with E-state index >= 15 is 0 Å². The molecule has 0 aromatic heterocycles. The molecule has 0 heterocycles. The van der Waals surface area contributed by atoms with Gasteiger partial charge in [-0.05, 0) is 12.1 Å². The monoisotopic (exact) mass is 235 g/mol. The topological polar surface area (TPSA) is 107 Å². The molecule has 0 amide bonds. The molecule has 1 rings (SSSR count). The van der Waals surface area contributed by atoms with E-state index in [9.17, 15) is 4.39 Å². The molecule has 0 aliphatic rings. The van der Waals surface area contributed by atoms with Crippen LogP contribution in [0, 0.1) is 22.6 Å². The largest absolute Gasteiger partial charge is 0.495 e. The van der Waals surface area contributed by atoms with Gasteiger partial charge in [-0.2, -0.15) is 10.4 Å². The van der Waals surface area contributed by atoms with E-state index in [2.05, 4.69) is 10.5 Å². The number of nitrogens with one attached hydrogen (secondary N) is 2. The van der Waals surface area contributed by atoms with Gasteiger partial charge in [0, 0.05) is 6.07 Å². The molecule has 7 heteroatoms. The van der Waals surface area contributed by atoms with Gasteiger partial charge in [-0.3, -0.25) is 10.8 Å². The Morgan fingerprint density at radius 1 is 1.65 bits per heavy atom. The molecule has 0 saturated carbocycles. The minimum Gasteiger partial charge on any atom is -0.495 e. The zero-order valence-electron chi connectivity index (χ0n) is 8.99. The van der Waals surface area contributed by atoms with Crippen molar-refractivity contribution in [3.05, 3.63) is 24.0 Å². The van der Waals surface area contributed by atoms with Crippen molar-refractivity contribution in [1.82, 2.24) is 0 Å². The van der Waals surface area contributed by atoms with Crippen molar-refractivity contribution in [2.75, 3.05) is 12.5 Å². The minimum atomic E-state index is -0.482. The Bertz CT molecular complexity index is 506. The van der Waals surface area contributed by atoms with Crippen LogP contribution in [0.4, 0.5) is 10.1 Å². The molecule has 0 atom stereocenters. The summed E-state index contributed by atoms with van der Waals surface area (Å²) in [6.07, 6.45) is 0. The van der Waals surface area contributed by atoms with Gasteiger partial charge >= 0.3 is 0 Å². The molecule has 0 aliphatic carbocycles. The molecule has 1 aromatic carbocycles. The minimum absolute atomic E-state index is 0.238. The van der Waals surface area contributed by atoms with Gasteiger partial charge in [0.05, 0.1) is 7.11 Å². The maximum absolute atomic E-state index is 13.0. The number of hydrogen-bond acceptors (Lipinski definition) is 5. The van der Waals surface area contributed by atoms with Crippen molar-refractivity contribution in [1.29, 1.82) is 10.7 Å². The molecule has 88 valence electrons. The predicted octanol–water partition coefficient (Wildman–Crippen LogP) is 1.06. The SMILES string of the molecule is COc1ccc(F)cc1N/N=C(\C#N)C(=N)N. The Labute approximate surface area is 97.0 Å². The quantitative estimate of drug-likeness (QED) is 0.412. The Morgan fingerprint density at radius 3 is 2.88 bits per heavy atom. The molecule has 1 aromatic rings. The van der Waals surface area contributed by atoms with E-state index in [0.29, 0.717) is 5.75 Å². The number of ether oxygens (including phenoxy) is 1. The summed E-state index contributed by atoms with van der Waals surface area (Å²) >= 11 is 0. The predicted molar refractivity (Wildman–Crippen MR) is 61.5 cm³/mol. The van der Waals surface area contributed by atoms with E-state index in [1.54, 1.807) is 6.07 Å². The maximum atomic E-state index is 13.0. The number of nitrogens with zero attached hydrogens (tertiary/aromatic N) is 2. The summed E-state index contributed by atoms with van der Waals surface area (Å²) in [5.74, 6) is -0.601. The number of halogens is 1. The third kappa shape index (κ3) is 3.17. The first-order valence-electron chi connectivity index (χ1n) is 4.50. The van der Waals surface area contributed by atoms with E-state index in [1.807, 2.05) is 0 Å². The highest BCUT2D eigenvalue weighted by Crippen LogP contribution is 2.24. The second kappa shape index (κ2) is 5.46. The van der Waals surface area contributed by atoms with E-state index in [4.69, 9.17) is 21.1 Å². The number of amidine groups is 1. The van der Waals surface area contributed by atoms with Gasteiger partial charge in [0.1, 0.15) is 23.3 Å². The summed E-state index contributed by atoms with van der Waals surface area (Å²) < 4.78 is 17.9. The van der Waals surface area contributed by atoms with Gasteiger partial charge in [-0.15, -0.1) is 0 Å². The van der Waals surface area contributed by atoms with E-state index in [0.717, 1.165) is 6.07 Å². The van der Waals surface area contributed by atoms with Crippen LogP contribution in [-0.4, -0.2) is 18.7 Å². The lowest BCUT2D eigenvalue weighted by molar-refractivity contribution is 0.415. The van der Waals surface area contributed by atoms with Gasteiger partial charge < -0.3 is 10.5 Å². The molecule has 4 N–H and O–H groups in total. The van der Waals surface area contributed by atoms with Crippen LogP contribution in [0.5, 0.6) is 5.75 Å². The second-order valence-corrected chi connectivity index (χ2v) is 2.94. The van der Waals surface area contributed by atoms with Crippen molar-refractivity contribution in [2.24, 2.45) is 10.8 Å². The summed E-state index contributed by atoms with van der Waals surface area (Å²) in [6.45, 7) is 0. The van der Waals surface area contributed by atoms with Crippen LogP contribution >= 0.6 is 0 Å². The lowest BCUT2D eigenvalue weighted by Gasteiger charge is -2.07. The molecule has 0 saturated heterocycles. The molecule has 6 nitrogen and oxygen atoms in total. The number of anilines is 1. The van der Waals surface area contributed by atoms with Crippen LogP contribution in [0.2, 0.25) is 0 Å². The first-order valence-corrected chi connectivity index (χ1v) is 4.50. The first kappa shape index (κ1) is 12.4. The maximum Gasteiger partial charge on any atom is 0.201 e. The lowest BCUT2D eigenvalue weighted by atomic mass is 10.3. The molecule has 0 bridgehead atoms.